The number of aromatic carboxylic acids is 1. The molecule has 0 saturated carbocycles. The van der Waals surface area contributed by atoms with Crippen LogP contribution < -0.4 is 4.74 Å². The van der Waals surface area contributed by atoms with Gasteiger partial charge in [0.25, 0.3) is 0 Å². The maximum atomic E-state index is 10.9. The van der Waals surface area contributed by atoms with Crippen molar-refractivity contribution in [1.82, 2.24) is 0 Å². The molecule has 0 aromatic heterocycles. The molecule has 3 nitrogen and oxygen atoms in total. The molecular weight excluding hydrogens is 200 g/mol. The van der Waals surface area contributed by atoms with Crippen LogP contribution in [-0.4, -0.2) is 23.3 Å². The molecule has 0 fully saturated rings. The van der Waals surface area contributed by atoms with Crippen LogP contribution in [0.2, 0.25) is 0 Å². The predicted octanol–water partition coefficient (Wildman–Crippen LogP) is 2.39. The van der Waals surface area contributed by atoms with E-state index in [2.05, 4.69) is 0 Å². The molecule has 0 atom stereocenters. The normalized spacial score (nSPS) is 9.86. The molecule has 1 aromatic rings. The van der Waals surface area contributed by atoms with Crippen LogP contribution in [0.25, 0.3) is 0 Å². The monoisotopic (exact) mass is 212 g/mol. The minimum absolute atomic E-state index is 0.221. The molecule has 0 aliphatic heterocycles. The number of benzene rings is 1. The number of ether oxygens (including phenoxy) is 1. The minimum Gasteiger partial charge on any atom is -0.482 e. The molecule has 0 amide bonds. The van der Waals surface area contributed by atoms with Crippen molar-refractivity contribution in [3.8, 4) is 5.75 Å². The molecule has 76 valence electrons. The van der Waals surface area contributed by atoms with E-state index >= 15 is 0 Å². The number of carboxylic acid groups (broad SMARTS) is 1. The zero-order chi connectivity index (χ0) is 10.6. The number of carbonyl (C=O) groups is 1. The lowest BCUT2D eigenvalue weighted by Crippen LogP contribution is -2.04. The number of hydrogen-bond donors (Lipinski definition) is 1. The molecule has 0 spiro atoms. The lowest BCUT2D eigenvalue weighted by atomic mass is 10.1. The SMILES string of the molecule is CSCOc1c(C)cccc1C(=O)O. The summed E-state index contributed by atoms with van der Waals surface area (Å²) in [5.41, 5.74) is 1.07. The van der Waals surface area contributed by atoms with Gasteiger partial charge >= 0.3 is 5.97 Å². The third-order valence-corrected chi connectivity index (χ3v) is 2.12. The first-order valence-corrected chi connectivity index (χ1v) is 5.51. The Hall–Kier alpha value is -1.16. The van der Waals surface area contributed by atoms with E-state index in [9.17, 15) is 4.79 Å². The summed E-state index contributed by atoms with van der Waals surface area (Å²) in [7, 11) is 0. The topological polar surface area (TPSA) is 46.5 Å². The Morgan fingerprint density at radius 3 is 2.86 bits per heavy atom. The van der Waals surface area contributed by atoms with Crippen molar-refractivity contribution >= 4 is 17.7 Å². The van der Waals surface area contributed by atoms with Gasteiger partial charge in [0.1, 0.15) is 17.3 Å². The van der Waals surface area contributed by atoms with Gasteiger partial charge < -0.3 is 9.84 Å². The van der Waals surface area contributed by atoms with E-state index < -0.39 is 5.97 Å². The number of hydrogen-bond acceptors (Lipinski definition) is 3. The highest BCUT2D eigenvalue weighted by Crippen LogP contribution is 2.24. The van der Waals surface area contributed by atoms with E-state index in [4.69, 9.17) is 9.84 Å². The zero-order valence-corrected chi connectivity index (χ0v) is 8.93. The van der Waals surface area contributed by atoms with E-state index in [-0.39, 0.29) is 5.56 Å². The number of aryl methyl sites for hydroxylation is 1. The fourth-order valence-electron chi connectivity index (χ4n) is 1.13. The van der Waals surface area contributed by atoms with Crippen molar-refractivity contribution in [2.75, 3.05) is 12.2 Å². The summed E-state index contributed by atoms with van der Waals surface area (Å²) in [4.78, 5) is 10.9. The Labute approximate surface area is 87.1 Å². The van der Waals surface area contributed by atoms with Gasteiger partial charge in [0.15, 0.2) is 0 Å². The molecule has 0 aliphatic carbocycles. The standard InChI is InChI=1S/C10H12O3S/c1-7-4-3-5-8(10(11)12)9(7)13-6-14-2/h3-5H,6H2,1-2H3,(H,11,12). The number of carboxylic acids is 1. The van der Waals surface area contributed by atoms with Crippen LogP contribution in [0.3, 0.4) is 0 Å². The van der Waals surface area contributed by atoms with E-state index in [1.54, 1.807) is 12.1 Å². The molecule has 1 aromatic carbocycles. The van der Waals surface area contributed by atoms with Crippen LogP contribution >= 0.6 is 11.8 Å². The lowest BCUT2D eigenvalue weighted by Gasteiger charge is -2.10. The van der Waals surface area contributed by atoms with Crippen molar-refractivity contribution in [3.63, 3.8) is 0 Å². The summed E-state index contributed by atoms with van der Waals surface area (Å²) in [6.45, 7) is 1.84. The summed E-state index contributed by atoms with van der Waals surface area (Å²) >= 11 is 1.51. The average Bonchev–Trinajstić information content (AvgIpc) is 2.15. The largest absolute Gasteiger partial charge is 0.482 e. The van der Waals surface area contributed by atoms with Crippen LogP contribution in [0, 0.1) is 6.92 Å². The summed E-state index contributed by atoms with van der Waals surface area (Å²) < 4.78 is 5.36. The molecule has 0 radical (unpaired) electrons. The van der Waals surface area contributed by atoms with E-state index in [0.29, 0.717) is 11.7 Å². The summed E-state index contributed by atoms with van der Waals surface area (Å²) in [6.07, 6.45) is 1.90. The van der Waals surface area contributed by atoms with Crippen molar-refractivity contribution in [1.29, 1.82) is 0 Å². The van der Waals surface area contributed by atoms with E-state index in [1.165, 1.54) is 11.8 Å². The first-order valence-electron chi connectivity index (χ1n) is 4.11. The fourth-order valence-corrected chi connectivity index (χ4v) is 1.37. The second-order valence-electron chi connectivity index (χ2n) is 2.81. The second kappa shape index (κ2) is 4.91. The minimum atomic E-state index is -0.954. The van der Waals surface area contributed by atoms with Crippen LogP contribution in [0.4, 0.5) is 0 Å². The van der Waals surface area contributed by atoms with E-state index in [1.807, 2.05) is 19.2 Å². The fraction of sp³-hybridized carbons (Fsp3) is 0.300. The molecule has 0 saturated heterocycles. The number of thioether (sulfide) groups is 1. The molecule has 0 aliphatic rings. The van der Waals surface area contributed by atoms with Crippen molar-refractivity contribution in [2.24, 2.45) is 0 Å². The van der Waals surface area contributed by atoms with Gasteiger partial charge in [-0.15, -0.1) is 11.8 Å². The van der Waals surface area contributed by atoms with Gasteiger partial charge in [-0.25, -0.2) is 4.79 Å². The summed E-state index contributed by atoms with van der Waals surface area (Å²) in [6, 6.07) is 5.10. The predicted molar refractivity (Wildman–Crippen MR) is 57.1 cm³/mol. The molecule has 0 unspecified atom stereocenters. The average molecular weight is 212 g/mol. The van der Waals surface area contributed by atoms with Gasteiger partial charge in [-0.3, -0.25) is 0 Å². The Balaban J connectivity index is 3.02. The van der Waals surface area contributed by atoms with Gasteiger partial charge in [-0.05, 0) is 24.8 Å². The van der Waals surface area contributed by atoms with Crippen LogP contribution in [-0.2, 0) is 0 Å². The highest BCUT2D eigenvalue weighted by Gasteiger charge is 2.12. The van der Waals surface area contributed by atoms with Crippen LogP contribution in [0.5, 0.6) is 5.75 Å². The van der Waals surface area contributed by atoms with Gasteiger partial charge in [-0.2, -0.15) is 0 Å². The molecule has 14 heavy (non-hydrogen) atoms. The first-order chi connectivity index (χ1) is 6.66. The van der Waals surface area contributed by atoms with Gasteiger partial charge in [0, 0.05) is 0 Å². The Morgan fingerprint density at radius 2 is 2.29 bits per heavy atom. The first kappa shape index (κ1) is 10.9. The van der Waals surface area contributed by atoms with Crippen molar-refractivity contribution in [3.05, 3.63) is 29.3 Å². The van der Waals surface area contributed by atoms with Crippen molar-refractivity contribution in [2.45, 2.75) is 6.92 Å². The Morgan fingerprint density at radius 1 is 1.57 bits per heavy atom. The third kappa shape index (κ3) is 2.42. The summed E-state index contributed by atoms with van der Waals surface area (Å²) in [5.74, 6) is -0.0235. The maximum absolute atomic E-state index is 10.9. The Kier molecular flexibility index (Phi) is 3.83. The maximum Gasteiger partial charge on any atom is 0.339 e. The van der Waals surface area contributed by atoms with Crippen molar-refractivity contribution < 1.29 is 14.6 Å². The third-order valence-electron chi connectivity index (χ3n) is 1.76. The Bertz CT molecular complexity index is 336. The zero-order valence-electron chi connectivity index (χ0n) is 8.11. The summed E-state index contributed by atoms with van der Waals surface area (Å²) in [5, 5.41) is 8.90. The van der Waals surface area contributed by atoms with Crippen LogP contribution in [0.15, 0.2) is 18.2 Å². The quantitative estimate of drug-likeness (QED) is 0.778. The highest BCUT2D eigenvalue weighted by molar-refractivity contribution is 7.98. The highest BCUT2D eigenvalue weighted by atomic mass is 32.2. The van der Waals surface area contributed by atoms with Gasteiger partial charge in [0.2, 0.25) is 0 Å². The molecule has 0 bridgehead atoms. The smallest absolute Gasteiger partial charge is 0.339 e. The molecule has 1 N–H and O–H groups in total. The van der Waals surface area contributed by atoms with Crippen LogP contribution in [0.1, 0.15) is 15.9 Å². The van der Waals surface area contributed by atoms with E-state index in [0.717, 1.165) is 5.56 Å². The second-order valence-corrected chi connectivity index (χ2v) is 3.62. The van der Waals surface area contributed by atoms with Gasteiger partial charge in [-0.1, -0.05) is 12.1 Å². The lowest BCUT2D eigenvalue weighted by molar-refractivity contribution is 0.0693. The number of rotatable bonds is 4. The molecule has 0 heterocycles. The molecule has 4 heteroatoms. The van der Waals surface area contributed by atoms with Gasteiger partial charge in [0.05, 0.1) is 0 Å². The molecule has 1 rings (SSSR count). The molecular formula is C10H12O3S. The number of para-hydroxylation sites is 1.